The molecule has 0 saturated carbocycles. The largest absolute Gasteiger partial charge is 0.498 e. The lowest BCUT2D eigenvalue weighted by Crippen LogP contribution is -2.20. The summed E-state index contributed by atoms with van der Waals surface area (Å²) >= 11 is 1.06. The highest BCUT2D eigenvalue weighted by molar-refractivity contribution is 8.26. The van der Waals surface area contributed by atoms with E-state index in [-0.39, 0.29) is 5.17 Å². The molecule has 10 heteroatoms. The molecule has 0 radical (unpaired) electrons. The minimum Gasteiger partial charge on any atom is -0.498 e. The van der Waals surface area contributed by atoms with Gasteiger partial charge in [0.15, 0.2) is 11.0 Å². The third-order valence-corrected chi connectivity index (χ3v) is 6.08. The average Bonchev–Trinajstić information content (AvgIpc) is 3.34. The van der Waals surface area contributed by atoms with Crippen LogP contribution in [0.25, 0.3) is 16.6 Å². The van der Waals surface area contributed by atoms with Crippen LogP contribution in [-0.2, 0) is 4.74 Å². The molecule has 1 aliphatic rings. The molecule has 0 aliphatic carbocycles. The first-order valence-electron chi connectivity index (χ1n) is 11.8. The predicted molar refractivity (Wildman–Crippen MR) is 147 cm³/mol. The maximum atomic E-state index is 8.04. The average molecular weight is 495 g/mol. The molecule has 0 unspecified atom stereocenters. The molecule has 3 heterocycles. The van der Waals surface area contributed by atoms with E-state index in [1.807, 2.05) is 19.1 Å². The second-order valence-corrected chi connectivity index (χ2v) is 9.23. The Morgan fingerprint density at radius 1 is 1.31 bits per heavy atom. The highest BCUT2D eigenvalue weighted by atomic mass is 32.2. The van der Waals surface area contributed by atoms with Crippen molar-refractivity contribution in [3.8, 4) is 0 Å². The van der Waals surface area contributed by atoms with Crippen LogP contribution in [0.5, 0.6) is 0 Å². The molecule has 1 aliphatic heterocycles. The summed E-state index contributed by atoms with van der Waals surface area (Å²) in [4.78, 5) is 20.4. The maximum absolute atomic E-state index is 8.04. The molecule has 3 rings (SSSR count). The molecule has 2 aromatic rings. The van der Waals surface area contributed by atoms with E-state index in [9.17, 15) is 0 Å². The highest BCUT2D eigenvalue weighted by Crippen LogP contribution is 2.21. The number of amidine groups is 1. The van der Waals surface area contributed by atoms with Crippen LogP contribution in [0.4, 0.5) is 5.82 Å². The number of nitrogens with zero attached hydrogens (tertiary/aromatic N) is 5. The SMILES string of the molecule is C=C(CC(=N)SC(N)=Nc1ccc2ncc(C(C=NCCCN3CCCC3)=CN)cc2n1)OCC. The minimum atomic E-state index is 0.221. The molecule has 0 aromatic carbocycles. The number of nitrogens with one attached hydrogen (secondary N) is 1. The summed E-state index contributed by atoms with van der Waals surface area (Å²) in [5, 5.41) is 8.56. The Morgan fingerprint density at radius 2 is 2.11 bits per heavy atom. The first-order chi connectivity index (χ1) is 17.0. The Labute approximate surface area is 211 Å². The van der Waals surface area contributed by atoms with Gasteiger partial charge in [0, 0.05) is 36.3 Å². The van der Waals surface area contributed by atoms with Crippen LogP contribution in [-0.4, -0.2) is 64.1 Å². The number of aliphatic imine (C=N–C) groups is 2. The molecule has 0 amide bonds. The first-order valence-corrected chi connectivity index (χ1v) is 12.6. The van der Waals surface area contributed by atoms with Gasteiger partial charge in [-0.2, -0.15) is 0 Å². The van der Waals surface area contributed by atoms with Crippen molar-refractivity contribution >= 4 is 50.6 Å². The van der Waals surface area contributed by atoms with Crippen LogP contribution in [0, 0.1) is 5.41 Å². The molecule has 0 spiro atoms. The molecule has 9 nitrogen and oxygen atoms in total. The van der Waals surface area contributed by atoms with Gasteiger partial charge in [-0.05, 0) is 75.8 Å². The molecule has 186 valence electrons. The Bertz CT molecular complexity index is 1120. The molecular formula is C25H34N8OS. The third kappa shape index (κ3) is 8.48. The van der Waals surface area contributed by atoms with E-state index in [1.165, 1.54) is 32.1 Å². The van der Waals surface area contributed by atoms with Gasteiger partial charge in [0.1, 0.15) is 0 Å². The van der Waals surface area contributed by atoms with Gasteiger partial charge in [0.25, 0.3) is 0 Å². The molecular weight excluding hydrogens is 460 g/mol. The number of nitrogens with two attached hydrogens (primary N) is 2. The van der Waals surface area contributed by atoms with Crippen molar-refractivity contribution in [3.05, 3.63) is 48.5 Å². The number of thioether (sulfide) groups is 1. The van der Waals surface area contributed by atoms with Gasteiger partial charge in [-0.3, -0.25) is 15.4 Å². The zero-order valence-corrected chi connectivity index (χ0v) is 21.1. The predicted octanol–water partition coefficient (Wildman–Crippen LogP) is 4.08. The summed E-state index contributed by atoms with van der Waals surface area (Å²) in [5.74, 6) is 0.964. The molecule has 0 atom stereocenters. The van der Waals surface area contributed by atoms with Gasteiger partial charge in [-0.25, -0.2) is 9.98 Å². The Balaban J connectivity index is 1.63. The number of hydrogen-bond donors (Lipinski definition) is 3. The number of pyridine rings is 2. The van der Waals surface area contributed by atoms with E-state index in [0.717, 1.165) is 47.9 Å². The molecule has 1 fully saturated rings. The van der Waals surface area contributed by atoms with Crippen LogP contribution in [0.15, 0.2) is 52.9 Å². The van der Waals surface area contributed by atoms with Crippen LogP contribution in [0.3, 0.4) is 0 Å². The second kappa shape index (κ2) is 13.6. The molecule has 35 heavy (non-hydrogen) atoms. The second-order valence-electron chi connectivity index (χ2n) is 8.12. The summed E-state index contributed by atoms with van der Waals surface area (Å²) in [6.45, 7) is 10.4. The van der Waals surface area contributed by atoms with E-state index in [1.54, 1.807) is 18.5 Å². The summed E-state index contributed by atoms with van der Waals surface area (Å²) in [7, 11) is 0. The lowest BCUT2D eigenvalue weighted by atomic mass is 10.1. The number of rotatable bonds is 11. The molecule has 0 bridgehead atoms. The molecule has 2 aromatic heterocycles. The minimum absolute atomic E-state index is 0.221. The quantitative estimate of drug-likeness (QED) is 0.185. The molecule has 5 N–H and O–H groups in total. The normalized spacial score (nSPS) is 15.2. The Morgan fingerprint density at radius 3 is 2.86 bits per heavy atom. The Hall–Kier alpha value is -3.24. The van der Waals surface area contributed by atoms with Crippen molar-refractivity contribution in [1.82, 2.24) is 14.9 Å². The summed E-state index contributed by atoms with van der Waals surface area (Å²) in [6, 6.07) is 5.49. The zero-order valence-electron chi connectivity index (χ0n) is 20.2. The van der Waals surface area contributed by atoms with Gasteiger partial charge < -0.3 is 21.1 Å². The number of aromatic nitrogens is 2. The van der Waals surface area contributed by atoms with Gasteiger partial charge in [0.2, 0.25) is 0 Å². The van der Waals surface area contributed by atoms with Gasteiger partial charge in [-0.1, -0.05) is 6.58 Å². The van der Waals surface area contributed by atoms with E-state index in [4.69, 9.17) is 21.6 Å². The van der Waals surface area contributed by atoms with Crippen LogP contribution in [0.1, 0.15) is 38.2 Å². The van der Waals surface area contributed by atoms with Crippen LogP contribution in [0.2, 0.25) is 0 Å². The van der Waals surface area contributed by atoms with Crippen molar-refractivity contribution in [2.45, 2.75) is 32.6 Å². The smallest absolute Gasteiger partial charge is 0.166 e. The summed E-state index contributed by atoms with van der Waals surface area (Å²) < 4.78 is 5.28. The van der Waals surface area contributed by atoms with E-state index >= 15 is 0 Å². The third-order valence-electron chi connectivity index (χ3n) is 5.38. The van der Waals surface area contributed by atoms with Gasteiger partial charge in [0.05, 0.1) is 34.9 Å². The molecule has 1 saturated heterocycles. The maximum Gasteiger partial charge on any atom is 0.166 e. The fourth-order valence-corrected chi connectivity index (χ4v) is 4.34. The number of ether oxygens (including phenoxy) is 1. The van der Waals surface area contributed by atoms with E-state index in [0.29, 0.717) is 35.2 Å². The number of hydrogen-bond acceptors (Lipinski definition) is 9. The summed E-state index contributed by atoms with van der Waals surface area (Å²) in [6.07, 6.45) is 9.03. The van der Waals surface area contributed by atoms with Crippen molar-refractivity contribution in [2.75, 3.05) is 32.8 Å². The van der Waals surface area contributed by atoms with Crippen molar-refractivity contribution in [1.29, 1.82) is 5.41 Å². The highest BCUT2D eigenvalue weighted by Gasteiger charge is 2.10. The topological polar surface area (TPSA) is 139 Å². The monoisotopic (exact) mass is 494 g/mol. The van der Waals surface area contributed by atoms with Crippen molar-refractivity contribution in [2.24, 2.45) is 21.5 Å². The summed E-state index contributed by atoms with van der Waals surface area (Å²) in [5.41, 5.74) is 14.9. The van der Waals surface area contributed by atoms with Crippen LogP contribution >= 0.6 is 11.8 Å². The number of likely N-dealkylation sites (tertiary alicyclic amines) is 1. The van der Waals surface area contributed by atoms with E-state index < -0.39 is 0 Å². The lowest BCUT2D eigenvalue weighted by molar-refractivity contribution is 0.228. The van der Waals surface area contributed by atoms with Crippen molar-refractivity contribution < 1.29 is 4.74 Å². The zero-order chi connectivity index (χ0) is 25.0. The number of fused-ring (bicyclic) bond motifs is 1. The standard InChI is InChI=1S/C25H34N8OS/c1-3-34-18(2)13-23(27)35-25(28)32-24-8-7-21-22(31-24)14-19(17-30-21)20(15-26)16-29-9-6-12-33-10-4-5-11-33/h7-8,14-17,27H,2-6,9-13,26H2,1H3,(H2,28,31,32). The van der Waals surface area contributed by atoms with Crippen molar-refractivity contribution in [3.63, 3.8) is 0 Å². The van der Waals surface area contributed by atoms with Gasteiger partial charge in [-0.15, -0.1) is 0 Å². The fraction of sp³-hybridized carbons (Fsp3) is 0.400. The first kappa shape index (κ1) is 26.4. The lowest BCUT2D eigenvalue weighted by Gasteiger charge is -2.12. The van der Waals surface area contributed by atoms with E-state index in [2.05, 4.69) is 31.4 Å². The fourth-order valence-electron chi connectivity index (χ4n) is 3.72. The van der Waals surface area contributed by atoms with Crippen LogP contribution < -0.4 is 11.5 Å². The van der Waals surface area contributed by atoms with Gasteiger partial charge >= 0.3 is 0 Å². The number of allylic oxidation sites excluding steroid dienone is 2. The Kier molecular flexibility index (Phi) is 10.2.